The van der Waals surface area contributed by atoms with Crippen molar-refractivity contribution < 1.29 is 4.74 Å². The molecule has 1 saturated heterocycles. The molecule has 0 aliphatic carbocycles. The molecule has 1 aliphatic rings. The topological polar surface area (TPSA) is 39.1 Å². The normalized spacial score (nSPS) is 25.9. The molecule has 1 aromatic heterocycles. The van der Waals surface area contributed by atoms with Crippen LogP contribution >= 0.6 is 11.6 Å². The Labute approximate surface area is 114 Å². The zero-order valence-electron chi connectivity index (χ0n) is 11.5. The standard InChI is InChI=1S/C13H22ClN3O/c1-9(2)17-11(10(14)8-16-17)12(15-4)13(3)6-5-7-18-13/h8-9,12,15H,5-7H2,1-4H3. The highest BCUT2D eigenvalue weighted by Crippen LogP contribution is 2.40. The molecule has 2 heterocycles. The van der Waals surface area contributed by atoms with Gasteiger partial charge in [0.2, 0.25) is 0 Å². The molecule has 0 aromatic carbocycles. The van der Waals surface area contributed by atoms with E-state index >= 15 is 0 Å². The SMILES string of the molecule is CNC(c1c(Cl)cnn1C(C)C)C1(C)CCCO1. The number of halogens is 1. The van der Waals surface area contributed by atoms with Crippen LogP contribution in [0.4, 0.5) is 0 Å². The zero-order valence-corrected chi connectivity index (χ0v) is 12.3. The Bertz CT molecular complexity index is 410. The van der Waals surface area contributed by atoms with Gasteiger partial charge in [0.1, 0.15) is 0 Å². The second-order valence-electron chi connectivity index (χ2n) is 5.40. The lowest BCUT2D eigenvalue weighted by Gasteiger charge is -2.34. The number of nitrogens with zero attached hydrogens (tertiary/aromatic N) is 2. The van der Waals surface area contributed by atoms with Gasteiger partial charge < -0.3 is 10.1 Å². The minimum atomic E-state index is -0.203. The van der Waals surface area contributed by atoms with Gasteiger partial charge in [0.25, 0.3) is 0 Å². The molecule has 2 unspecified atom stereocenters. The number of aromatic nitrogens is 2. The van der Waals surface area contributed by atoms with Gasteiger partial charge >= 0.3 is 0 Å². The minimum absolute atomic E-state index is 0.0670. The van der Waals surface area contributed by atoms with E-state index in [1.807, 2.05) is 11.7 Å². The first kappa shape index (κ1) is 13.8. The molecule has 5 heteroatoms. The molecule has 0 amide bonds. The van der Waals surface area contributed by atoms with Gasteiger partial charge in [-0.25, -0.2) is 0 Å². The van der Waals surface area contributed by atoms with E-state index in [-0.39, 0.29) is 17.7 Å². The first-order chi connectivity index (χ1) is 8.49. The Balaban J connectivity index is 2.41. The molecular formula is C13H22ClN3O. The van der Waals surface area contributed by atoms with E-state index in [2.05, 4.69) is 31.2 Å². The third kappa shape index (κ3) is 2.29. The molecule has 1 fully saturated rings. The highest BCUT2D eigenvalue weighted by atomic mass is 35.5. The summed E-state index contributed by atoms with van der Waals surface area (Å²) < 4.78 is 7.93. The fourth-order valence-electron chi connectivity index (χ4n) is 2.79. The third-order valence-corrected chi connectivity index (χ3v) is 3.99. The van der Waals surface area contributed by atoms with Crippen LogP contribution in [0.5, 0.6) is 0 Å². The zero-order chi connectivity index (χ0) is 13.3. The lowest BCUT2D eigenvalue weighted by molar-refractivity contribution is -0.0130. The second kappa shape index (κ2) is 5.19. The van der Waals surface area contributed by atoms with E-state index in [9.17, 15) is 0 Å². The molecule has 0 spiro atoms. The Morgan fingerprint density at radius 2 is 2.28 bits per heavy atom. The molecule has 1 aromatic rings. The smallest absolute Gasteiger partial charge is 0.0864 e. The monoisotopic (exact) mass is 271 g/mol. The van der Waals surface area contributed by atoms with E-state index in [0.717, 1.165) is 25.1 Å². The van der Waals surface area contributed by atoms with Crippen LogP contribution in [0.2, 0.25) is 5.02 Å². The maximum atomic E-state index is 6.32. The van der Waals surface area contributed by atoms with Gasteiger partial charge in [-0.3, -0.25) is 4.68 Å². The van der Waals surface area contributed by atoms with Crippen LogP contribution in [0.15, 0.2) is 6.20 Å². The second-order valence-corrected chi connectivity index (χ2v) is 5.81. The van der Waals surface area contributed by atoms with Crippen LogP contribution in [0.1, 0.15) is 51.4 Å². The van der Waals surface area contributed by atoms with Gasteiger partial charge in [0, 0.05) is 12.6 Å². The van der Waals surface area contributed by atoms with Gasteiger partial charge in [-0.15, -0.1) is 0 Å². The van der Waals surface area contributed by atoms with E-state index in [0.29, 0.717) is 5.02 Å². The predicted molar refractivity (Wildman–Crippen MR) is 73.0 cm³/mol. The molecule has 4 nitrogen and oxygen atoms in total. The summed E-state index contributed by atoms with van der Waals surface area (Å²) in [6, 6.07) is 0.353. The molecular weight excluding hydrogens is 250 g/mol. The molecule has 1 N–H and O–H groups in total. The summed E-state index contributed by atoms with van der Waals surface area (Å²) in [4.78, 5) is 0. The first-order valence-corrected chi connectivity index (χ1v) is 6.91. The summed E-state index contributed by atoms with van der Waals surface area (Å²) in [5, 5.41) is 8.44. The first-order valence-electron chi connectivity index (χ1n) is 6.53. The average molecular weight is 272 g/mol. The molecule has 2 atom stereocenters. The largest absolute Gasteiger partial charge is 0.373 e. The van der Waals surface area contributed by atoms with E-state index in [1.54, 1.807) is 6.20 Å². The number of hydrogen-bond donors (Lipinski definition) is 1. The lowest BCUT2D eigenvalue weighted by Crippen LogP contribution is -2.41. The van der Waals surface area contributed by atoms with Crippen molar-refractivity contribution in [1.29, 1.82) is 0 Å². The van der Waals surface area contributed by atoms with E-state index in [4.69, 9.17) is 16.3 Å². The quantitative estimate of drug-likeness (QED) is 0.915. The minimum Gasteiger partial charge on any atom is -0.373 e. The van der Waals surface area contributed by atoms with Gasteiger partial charge in [0.05, 0.1) is 28.6 Å². The summed E-state index contributed by atoms with van der Waals surface area (Å²) in [6.45, 7) is 7.19. The van der Waals surface area contributed by atoms with Crippen LogP contribution in [0, 0.1) is 0 Å². The Hall–Kier alpha value is -0.580. The number of hydrogen-bond acceptors (Lipinski definition) is 3. The van der Waals surface area contributed by atoms with Crippen LogP contribution in [-0.4, -0.2) is 29.0 Å². The summed E-state index contributed by atoms with van der Waals surface area (Å²) in [6.07, 6.45) is 3.86. The maximum absolute atomic E-state index is 6.32. The fourth-order valence-corrected chi connectivity index (χ4v) is 3.03. The van der Waals surface area contributed by atoms with Crippen LogP contribution < -0.4 is 5.32 Å². The van der Waals surface area contributed by atoms with Crippen molar-refractivity contribution in [1.82, 2.24) is 15.1 Å². The Kier molecular flexibility index (Phi) is 3.99. The summed E-state index contributed by atoms with van der Waals surface area (Å²) in [7, 11) is 1.95. The predicted octanol–water partition coefficient (Wildman–Crippen LogP) is 2.95. The van der Waals surface area contributed by atoms with Crippen LogP contribution in [-0.2, 0) is 4.74 Å². The van der Waals surface area contributed by atoms with Crippen LogP contribution in [0.3, 0.4) is 0 Å². The molecule has 0 saturated carbocycles. The van der Waals surface area contributed by atoms with Crippen molar-refractivity contribution in [3.05, 3.63) is 16.9 Å². The van der Waals surface area contributed by atoms with Gasteiger partial charge in [-0.2, -0.15) is 5.10 Å². The molecule has 0 bridgehead atoms. The molecule has 18 heavy (non-hydrogen) atoms. The lowest BCUT2D eigenvalue weighted by atomic mass is 9.90. The van der Waals surface area contributed by atoms with Gasteiger partial charge in [0.15, 0.2) is 0 Å². The van der Waals surface area contributed by atoms with Crippen molar-refractivity contribution in [2.75, 3.05) is 13.7 Å². The Morgan fingerprint density at radius 1 is 1.56 bits per heavy atom. The number of rotatable bonds is 4. The van der Waals surface area contributed by atoms with Crippen molar-refractivity contribution in [2.45, 2.75) is 51.3 Å². The third-order valence-electron chi connectivity index (χ3n) is 3.70. The number of ether oxygens (including phenoxy) is 1. The maximum Gasteiger partial charge on any atom is 0.0864 e. The highest BCUT2D eigenvalue weighted by molar-refractivity contribution is 6.31. The molecule has 2 rings (SSSR count). The molecule has 1 aliphatic heterocycles. The Morgan fingerprint density at radius 3 is 2.78 bits per heavy atom. The number of likely N-dealkylation sites (N-methyl/N-ethyl adjacent to an activating group) is 1. The van der Waals surface area contributed by atoms with Crippen molar-refractivity contribution >= 4 is 11.6 Å². The van der Waals surface area contributed by atoms with E-state index in [1.165, 1.54) is 0 Å². The van der Waals surface area contributed by atoms with Gasteiger partial charge in [-0.05, 0) is 40.7 Å². The molecule has 102 valence electrons. The van der Waals surface area contributed by atoms with Gasteiger partial charge in [-0.1, -0.05) is 11.6 Å². The van der Waals surface area contributed by atoms with E-state index < -0.39 is 0 Å². The number of nitrogens with one attached hydrogen (secondary N) is 1. The fraction of sp³-hybridized carbons (Fsp3) is 0.769. The van der Waals surface area contributed by atoms with Crippen molar-refractivity contribution in [3.63, 3.8) is 0 Å². The summed E-state index contributed by atoms with van der Waals surface area (Å²) in [5.74, 6) is 0. The van der Waals surface area contributed by atoms with Crippen molar-refractivity contribution in [2.24, 2.45) is 0 Å². The van der Waals surface area contributed by atoms with Crippen molar-refractivity contribution in [3.8, 4) is 0 Å². The summed E-state index contributed by atoms with van der Waals surface area (Å²) in [5.41, 5.74) is 0.823. The average Bonchev–Trinajstić information content (AvgIpc) is 2.89. The van der Waals surface area contributed by atoms with Crippen LogP contribution in [0.25, 0.3) is 0 Å². The summed E-state index contributed by atoms with van der Waals surface area (Å²) >= 11 is 6.32. The molecule has 0 radical (unpaired) electrons. The highest BCUT2D eigenvalue weighted by Gasteiger charge is 2.41.